The number of unbranched alkanes of at least 4 members (excludes halogenated alkanes) is 4. The van der Waals surface area contributed by atoms with Crippen molar-refractivity contribution >= 4 is 5.97 Å². The Morgan fingerprint density at radius 2 is 1.30 bits per heavy atom. The molecule has 4 N–H and O–H groups in total. The number of methoxy groups -OCH3 is 1. The summed E-state index contributed by atoms with van der Waals surface area (Å²) in [6.07, 6.45) is 8.06. The highest BCUT2D eigenvalue weighted by molar-refractivity contribution is 5.94. The quantitative estimate of drug-likeness (QED) is 0.319. The Morgan fingerprint density at radius 1 is 0.767 bits per heavy atom. The normalized spacial score (nSPS) is 10.2. The molecular weight excluding hydrogens is 384 g/mol. The second kappa shape index (κ2) is 13.4. The van der Waals surface area contributed by atoms with Gasteiger partial charge in [-0.25, -0.2) is 4.79 Å². The molecule has 0 saturated carbocycles. The van der Waals surface area contributed by atoms with E-state index < -0.39 is 5.97 Å². The van der Waals surface area contributed by atoms with Crippen molar-refractivity contribution in [2.75, 3.05) is 7.11 Å². The summed E-state index contributed by atoms with van der Waals surface area (Å²) >= 11 is 0. The topological polar surface area (TPSA) is 107 Å². The van der Waals surface area contributed by atoms with Crippen molar-refractivity contribution in [1.82, 2.24) is 0 Å². The third-order valence-corrected chi connectivity index (χ3v) is 4.65. The first kappa shape index (κ1) is 25.1. The number of carbonyl (C=O) groups excluding carboxylic acids is 1. The van der Waals surface area contributed by atoms with E-state index in [-0.39, 0.29) is 28.6 Å². The maximum absolute atomic E-state index is 11.5. The summed E-state index contributed by atoms with van der Waals surface area (Å²) in [5.41, 5.74) is 1.79. The largest absolute Gasteiger partial charge is 0.508 e. The fraction of sp³-hybridized carbons (Fsp3) is 0.458. The molecule has 0 fully saturated rings. The number of carbonyl (C=O) groups is 1. The van der Waals surface area contributed by atoms with Gasteiger partial charge in [-0.15, -0.1) is 0 Å². The number of ether oxygens (including phenoxy) is 1. The SMILES string of the molecule is CCCCCc1cc(O)cc(O)c1.CCCCCc1cc(O)cc(O)c1C(=O)OC. The molecule has 2 rings (SSSR count). The van der Waals surface area contributed by atoms with E-state index in [0.29, 0.717) is 12.0 Å². The molecule has 0 unspecified atom stereocenters. The fourth-order valence-electron chi connectivity index (χ4n) is 3.15. The zero-order valence-corrected chi connectivity index (χ0v) is 18.1. The molecule has 0 amide bonds. The van der Waals surface area contributed by atoms with Gasteiger partial charge in [-0.1, -0.05) is 39.5 Å². The molecule has 6 nitrogen and oxygen atoms in total. The Balaban J connectivity index is 0.000000311. The van der Waals surface area contributed by atoms with Gasteiger partial charge in [0.2, 0.25) is 0 Å². The van der Waals surface area contributed by atoms with Crippen molar-refractivity contribution in [3.63, 3.8) is 0 Å². The second-order valence-corrected chi connectivity index (χ2v) is 7.26. The Morgan fingerprint density at radius 3 is 1.83 bits per heavy atom. The first-order valence-electron chi connectivity index (χ1n) is 10.5. The summed E-state index contributed by atoms with van der Waals surface area (Å²) in [4.78, 5) is 11.5. The van der Waals surface area contributed by atoms with Gasteiger partial charge >= 0.3 is 5.97 Å². The van der Waals surface area contributed by atoms with Crippen molar-refractivity contribution in [3.8, 4) is 23.0 Å². The average Bonchev–Trinajstić information content (AvgIpc) is 2.67. The van der Waals surface area contributed by atoms with E-state index in [2.05, 4.69) is 18.6 Å². The number of rotatable bonds is 9. The maximum Gasteiger partial charge on any atom is 0.341 e. The highest BCUT2D eigenvalue weighted by Gasteiger charge is 2.18. The predicted molar refractivity (Wildman–Crippen MR) is 117 cm³/mol. The van der Waals surface area contributed by atoms with Crippen LogP contribution in [0.4, 0.5) is 0 Å². The molecule has 6 heteroatoms. The molecule has 30 heavy (non-hydrogen) atoms. The minimum absolute atomic E-state index is 0.0401. The van der Waals surface area contributed by atoms with E-state index in [9.17, 15) is 25.2 Å². The molecule has 0 saturated heterocycles. The lowest BCUT2D eigenvalue weighted by atomic mass is 10.00. The van der Waals surface area contributed by atoms with E-state index in [4.69, 9.17) is 0 Å². The molecule has 0 aliphatic rings. The zero-order valence-electron chi connectivity index (χ0n) is 18.1. The third-order valence-electron chi connectivity index (χ3n) is 4.65. The third kappa shape index (κ3) is 8.64. The summed E-state index contributed by atoms with van der Waals surface area (Å²) < 4.78 is 4.62. The van der Waals surface area contributed by atoms with Crippen LogP contribution in [-0.4, -0.2) is 33.5 Å². The number of esters is 1. The highest BCUT2D eigenvalue weighted by atomic mass is 16.5. The number of benzene rings is 2. The first-order chi connectivity index (χ1) is 14.3. The second-order valence-electron chi connectivity index (χ2n) is 7.26. The highest BCUT2D eigenvalue weighted by Crippen LogP contribution is 2.29. The lowest BCUT2D eigenvalue weighted by Gasteiger charge is -2.10. The Hall–Kier alpha value is -2.89. The predicted octanol–water partition coefficient (Wildman–Crippen LogP) is 5.45. The van der Waals surface area contributed by atoms with Crippen LogP contribution in [0, 0.1) is 0 Å². The number of phenolic OH excluding ortho intramolecular Hbond substituents is 4. The molecule has 0 spiro atoms. The summed E-state index contributed by atoms with van der Waals surface area (Å²) in [7, 11) is 1.27. The van der Waals surface area contributed by atoms with Crippen LogP contribution in [0.3, 0.4) is 0 Å². The Labute approximate surface area is 178 Å². The smallest absolute Gasteiger partial charge is 0.341 e. The molecule has 0 aliphatic heterocycles. The van der Waals surface area contributed by atoms with Crippen LogP contribution in [0.5, 0.6) is 23.0 Å². The average molecular weight is 419 g/mol. The molecule has 0 atom stereocenters. The molecule has 0 aromatic heterocycles. The summed E-state index contributed by atoms with van der Waals surface area (Å²) in [5, 5.41) is 37.5. The van der Waals surface area contributed by atoms with Gasteiger partial charge in [-0.2, -0.15) is 0 Å². The van der Waals surface area contributed by atoms with Crippen molar-refractivity contribution in [1.29, 1.82) is 0 Å². The summed E-state index contributed by atoms with van der Waals surface area (Å²) in [5.74, 6) is -0.558. The summed E-state index contributed by atoms with van der Waals surface area (Å²) in [6, 6.07) is 7.41. The van der Waals surface area contributed by atoms with E-state index in [1.807, 2.05) is 0 Å². The van der Waals surface area contributed by atoms with Crippen molar-refractivity contribution < 1.29 is 30.0 Å². The van der Waals surface area contributed by atoms with Gasteiger partial charge < -0.3 is 25.2 Å². The van der Waals surface area contributed by atoms with Gasteiger partial charge in [0.1, 0.15) is 28.6 Å². The Bertz CT molecular complexity index is 780. The number of aryl methyl sites for hydroxylation is 2. The van der Waals surface area contributed by atoms with E-state index in [1.54, 1.807) is 12.1 Å². The van der Waals surface area contributed by atoms with E-state index >= 15 is 0 Å². The molecule has 0 radical (unpaired) electrons. The lowest BCUT2D eigenvalue weighted by molar-refractivity contribution is 0.0596. The van der Waals surface area contributed by atoms with Gasteiger partial charge in [0.25, 0.3) is 0 Å². The fourth-order valence-corrected chi connectivity index (χ4v) is 3.15. The minimum atomic E-state index is -0.575. The van der Waals surface area contributed by atoms with Crippen molar-refractivity contribution in [2.24, 2.45) is 0 Å². The lowest BCUT2D eigenvalue weighted by Crippen LogP contribution is -2.06. The number of hydrogen-bond donors (Lipinski definition) is 4. The number of aromatic hydroxyl groups is 4. The van der Waals surface area contributed by atoms with E-state index in [0.717, 1.165) is 43.7 Å². The standard InChI is InChI=1S/C13H18O4.C11H16O2/c1-3-4-5-6-9-7-10(14)8-11(15)12(9)13(16)17-2;1-2-3-4-5-9-6-10(12)8-11(13)7-9/h7-8,14-15H,3-6H2,1-2H3;6-8,12-13H,2-5H2,1H3. The molecule has 2 aromatic rings. The van der Waals surface area contributed by atoms with Crippen LogP contribution in [0.2, 0.25) is 0 Å². The van der Waals surface area contributed by atoms with Gasteiger partial charge in [0, 0.05) is 12.1 Å². The molecule has 0 aliphatic carbocycles. The Kier molecular flexibility index (Phi) is 11.2. The molecule has 2 aromatic carbocycles. The van der Waals surface area contributed by atoms with Crippen LogP contribution < -0.4 is 0 Å². The van der Waals surface area contributed by atoms with E-state index in [1.165, 1.54) is 32.1 Å². The van der Waals surface area contributed by atoms with Gasteiger partial charge in [-0.05, 0) is 55.0 Å². The molecule has 0 heterocycles. The number of hydrogen-bond acceptors (Lipinski definition) is 6. The molecule has 0 bridgehead atoms. The summed E-state index contributed by atoms with van der Waals surface area (Å²) in [6.45, 7) is 4.24. The molecular formula is C24H34O6. The first-order valence-corrected chi connectivity index (χ1v) is 10.5. The molecule has 166 valence electrons. The van der Waals surface area contributed by atoms with Gasteiger partial charge in [0.05, 0.1) is 7.11 Å². The monoisotopic (exact) mass is 418 g/mol. The zero-order chi connectivity index (χ0) is 22.5. The van der Waals surface area contributed by atoms with Crippen LogP contribution in [0.15, 0.2) is 30.3 Å². The van der Waals surface area contributed by atoms with Crippen LogP contribution in [0.25, 0.3) is 0 Å². The van der Waals surface area contributed by atoms with Crippen molar-refractivity contribution in [3.05, 3.63) is 47.0 Å². The van der Waals surface area contributed by atoms with Crippen LogP contribution >= 0.6 is 0 Å². The van der Waals surface area contributed by atoms with Crippen LogP contribution in [-0.2, 0) is 17.6 Å². The maximum atomic E-state index is 11.5. The minimum Gasteiger partial charge on any atom is -0.508 e. The van der Waals surface area contributed by atoms with Gasteiger partial charge in [0.15, 0.2) is 0 Å². The number of phenols is 4. The van der Waals surface area contributed by atoms with Crippen molar-refractivity contribution in [2.45, 2.75) is 65.2 Å². The van der Waals surface area contributed by atoms with Gasteiger partial charge in [-0.3, -0.25) is 0 Å². The van der Waals surface area contributed by atoms with Crippen LogP contribution in [0.1, 0.15) is 73.9 Å².